The maximum atomic E-state index is 11.8. The molecule has 5 heteroatoms. The maximum absolute atomic E-state index is 11.8. The zero-order valence-corrected chi connectivity index (χ0v) is 13.9. The van der Waals surface area contributed by atoms with Crippen LogP contribution in [-0.4, -0.2) is 36.4 Å². The van der Waals surface area contributed by atoms with Crippen LogP contribution in [0.3, 0.4) is 0 Å². The van der Waals surface area contributed by atoms with Crippen molar-refractivity contribution in [1.29, 1.82) is 0 Å². The Morgan fingerprint density at radius 1 is 1.38 bits per heavy atom. The molecule has 0 saturated heterocycles. The van der Waals surface area contributed by atoms with Crippen LogP contribution < -0.4 is 16.4 Å². The Balaban J connectivity index is 1.70. The average molecular weight is 297 g/mol. The normalized spacial score (nSPS) is 33.6. The SMILES string of the molecule is CC(N)CNC1CCC2(CC1)CC2NC(=O)OC(C)(C)C. The molecule has 4 N–H and O–H groups in total. The Bertz CT molecular complexity index is 368. The van der Waals surface area contributed by atoms with Gasteiger partial charge in [0.25, 0.3) is 0 Å². The van der Waals surface area contributed by atoms with E-state index in [1.54, 1.807) is 0 Å². The van der Waals surface area contributed by atoms with Gasteiger partial charge in [-0.15, -0.1) is 0 Å². The molecule has 0 aromatic heterocycles. The molecule has 21 heavy (non-hydrogen) atoms. The van der Waals surface area contributed by atoms with Gasteiger partial charge in [0, 0.05) is 24.7 Å². The smallest absolute Gasteiger partial charge is 0.407 e. The second-order valence-corrected chi connectivity index (χ2v) is 7.93. The predicted octanol–water partition coefficient (Wildman–Crippen LogP) is 2.15. The van der Waals surface area contributed by atoms with E-state index in [9.17, 15) is 4.79 Å². The van der Waals surface area contributed by atoms with Gasteiger partial charge in [0.05, 0.1) is 0 Å². The van der Waals surface area contributed by atoms with E-state index in [1.807, 2.05) is 27.7 Å². The fourth-order valence-electron chi connectivity index (χ4n) is 3.30. The molecule has 0 radical (unpaired) electrons. The van der Waals surface area contributed by atoms with Crippen LogP contribution in [0.25, 0.3) is 0 Å². The first-order chi connectivity index (χ1) is 9.70. The minimum absolute atomic E-state index is 0.211. The molecule has 5 nitrogen and oxygen atoms in total. The van der Waals surface area contributed by atoms with Gasteiger partial charge in [-0.1, -0.05) is 0 Å². The van der Waals surface area contributed by atoms with Crippen LogP contribution in [0.15, 0.2) is 0 Å². The Labute approximate surface area is 128 Å². The number of nitrogens with one attached hydrogen (secondary N) is 2. The van der Waals surface area contributed by atoms with Gasteiger partial charge in [0.15, 0.2) is 0 Å². The van der Waals surface area contributed by atoms with Crippen LogP contribution in [0.5, 0.6) is 0 Å². The van der Waals surface area contributed by atoms with Crippen molar-refractivity contribution in [3.05, 3.63) is 0 Å². The van der Waals surface area contributed by atoms with Gasteiger partial charge >= 0.3 is 6.09 Å². The van der Waals surface area contributed by atoms with Crippen molar-refractivity contribution < 1.29 is 9.53 Å². The van der Waals surface area contributed by atoms with Crippen molar-refractivity contribution in [3.8, 4) is 0 Å². The van der Waals surface area contributed by atoms with Gasteiger partial charge in [-0.3, -0.25) is 0 Å². The highest BCUT2D eigenvalue weighted by atomic mass is 16.6. The summed E-state index contributed by atoms with van der Waals surface area (Å²) in [6.45, 7) is 8.59. The Hall–Kier alpha value is -0.810. The number of nitrogens with two attached hydrogens (primary N) is 1. The summed E-state index contributed by atoms with van der Waals surface area (Å²) in [4.78, 5) is 11.8. The summed E-state index contributed by atoms with van der Waals surface area (Å²) in [6.07, 6.45) is 5.56. The molecule has 2 unspecified atom stereocenters. The minimum Gasteiger partial charge on any atom is -0.444 e. The van der Waals surface area contributed by atoms with Gasteiger partial charge < -0.3 is 21.1 Å². The van der Waals surface area contributed by atoms with Crippen molar-refractivity contribution in [2.45, 2.75) is 83.5 Å². The number of hydrogen-bond acceptors (Lipinski definition) is 4. The van der Waals surface area contributed by atoms with E-state index in [2.05, 4.69) is 10.6 Å². The van der Waals surface area contributed by atoms with E-state index in [-0.39, 0.29) is 12.1 Å². The first-order valence-corrected chi connectivity index (χ1v) is 8.19. The van der Waals surface area contributed by atoms with Crippen LogP contribution in [0.1, 0.15) is 59.8 Å². The van der Waals surface area contributed by atoms with Gasteiger partial charge in [-0.25, -0.2) is 4.79 Å². The van der Waals surface area contributed by atoms with Crippen molar-refractivity contribution >= 4 is 6.09 Å². The van der Waals surface area contributed by atoms with Crippen LogP contribution in [0.2, 0.25) is 0 Å². The monoisotopic (exact) mass is 297 g/mol. The number of ether oxygens (including phenoxy) is 1. The molecule has 2 fully saturated rings. The molecule has 0 aromatic carbocycles. The van der Waals surface area contributed by atoms with E-state index in [1.165, 1.54) is 25.7 Å². The zero-order chi connectivity index (χ0) is 15.7. The Morgan fingerprint density at radius 3 is 2.52 bits per heavy atom. The molecule has 122 valence electrons. The summed E-state index contributed by atoms with van der Waals surface area (Å²) in [5.41, 5.74) is 5.69. The highest BCUT2D eigenvalue weighted by Crippen LogP contribution is 2.56. The van der Waals surface area contributed by atoms with Crippen molar-refractivity contribution in [2.24, 2.45) is 11.1 Å². The summed E-state index contributed by atoms with van der Waals surface area (Å²) in [5.74, 6) is 0. The van der Waals surface area contributed by atoms with Crippen molar-refractivity contribution in [1.82, 2.24) is 10.6 Å². The fraction of sp³-hybridized carbons (Fsp3) is 0.938. The summed E-state index contributed by atoms with van der Waals surface area (Å²) in [6, 6.07) is 1.11. The second-order valence-electron chi connectivity index (χ2n) is 7.93. The third-order valence-electron chi connectivity index (χ3n) is 4.59. The third kappa shape index (κ3) is 4.85. The molecular formula is C16H31N3O2. The predicted molar refractivity (Wildman–Crippen MR) is 84.1 cm³/mol. The van der Waals surface area contributed by atoms with Crippen molar-refractivity contribution in [3.63, 3.8) is 0 Å². The molecule has 0 bridgehead atoms. The summed E-state index contributed by atoms with van der Waals surface area (Å²) < 4.78 is 5.33. The lowest BCUT2D eigenvalue weighted by Crippen LogP contribution is -2.41. The molecular weight excluding hydrogens is 266 g/mol. The molecule has 2 aliphatic rings. The lowest BCUT2D eigenvalue weighted by Gasteiger charge is -2.30. The molecule has 0 heterocycles. The topological polar surface area (TPSA) is 76.4 Å². The van der Waals surface area contributed by atoms with Crippen LogP contribution >= 0.6 is 0 Å². The lowest BCUT2D eigenvalue weighted by atomic mass is 9.82. The quantitative estimate of drug-likeness (QED) is 0.743. The highest BCUT2D eigenvalue weighted by molar-refractivity contribution is 5.68. The van der Waals surface area contributed by atoms with E-state index < -0.39 is 5.60 Å². The zero-order valence-electron chi connectivity index (χ0n) is 13.9. The van der Waals surface area contributed by atoms with Crippen LogP contribution in [0, 0.1) is 5.41 Å². The number of rotatable bonds is 4. The number of alkyl carbamates (subject to hydrolysis) is 1. The van der Waals surface area contributed by atoms with E-state index >= 15 is 0 Å². The summed E-state index contributed by atoms with van der Waals surface area (Å²) in [7, 11) is 0. The molecule has 1 amide bonds. The van der Waals surface area contributed by atoms with Gasteiger partial charge in [0.2, 0.25) is 0 Å². The molecule has 2 aliphatic carbocycles. The molecule has 2 rings (SSSR count). The summed E-state index contributed by atoms with van der Waals surface area (Å²) in [5, 5.41) is 6.57. The van der Waals surface area contributed by atoms with Crippen molar-refractivity contribution in [2.75, 3.05) is 6.54 Å². The minimum atomic E-state index is -0.424. The van der Waals surface area contributed by atoms with Gasteiger partial charge in [-0.2, -0.15) is 0 Å². The molecule has 2 saturated carbocycles. The van der Waals surface area contributed by atoms with Crippen LogP contribution in [0.4, 0.5) is 4.79 Å². The average Bonchev–Trinajstić information content (AvgIpc) is 2.98. The standard InChI is InChI=1S/C16H31N3O2/c1-11(17)10-18-12-5-7-16(8-6-12)9-13(16)19-14(20)21-15(2,3)4/h11-13,18H,5-10,17H2,1-4H3,(H,19,20). The van der Waals surface area contributed by atoms with E-state index in [0.717, 1.165) is 13.0 Å². The van der Waals surface area contributed by atoms with Gasteiger partial charge in [0.1, 0.15) is 5.60 Å². The first-order valence-electron chi connectivity index (χ1n) is 8.19. The highest BCUT2D eigenvalue weighted by Gasteiger charge is 2.55. The number of amides is 1. The van der Waals surface area contributed by atoms with Gasteiger partial charge in [-0.05, 0) is 65.2 Å². The fourth-order valence-corrected chi connectivity index (χ4v) is 3.30. The maximum Gasteiger partial charge on any atom is 0.407 e. The number of carbonyl (C=O) groups is 1. The summed E-state index contributed by atoms with van der Waals surface area (Å²) >= 11 is 0. The first kappa shape index (κ1) is 16.6. The number of carbonyl (C=O) groups excluding carboxylic acids is 1. The molecule has 1 spiro atoms. The second kappa shape index (κ2) is 6.13. The third-order valence-corrected chi connectivity index (χ3v) is 4.59. The van der Waals surface area contributed by atoms with Crippen LogP contribution in [-0.2, 0) is 4.74 Å². The molecule has 0 aliphatic heterocycles. The van der Waals surface area contributed by atoms with E-state index in [4.69, 9.17) is 10.5 Å². The number of hydrogen-bond donors (Lipinski definition) is 3. The Kier molecular flexibility index (Phi) is 4.83. The van der Waals surface area contributed by atoms with E-state index in [0.29, 0.717) is 17.5 Å². The molecule has 2 atom stereocenters. The molecule has 0 aromatic rings. The lowest BCUT2D eigenvalue weighted by molar-refractivity contribution is 0.0512. The largest absolute Gasteiger partial charge is 0.444 e. The Morgan fingerprint density at radius 2 is 2.00 bits per heavy atom.